The first kappa shape index (κ1) is 10.0. The Kier molecular flexibility index (Phi) is 2.61. The van der Waals surface area contributed by atoms with Gasteiger partial charge in [0.05, 0.1) is 16.6 Å². The fourth-order valence-electron chi connectivity index (χ4n) is 1.19. The van der Waals surface area contributed by atoms with E-state index < -0.39 is 6.10 Å². The summed E-state index contributed by atoms with van der Waals surface area (Å²) < 4.78 is 0. The predicted octanol–water partition coefficient (Wildman–Crippen LogP) is 1.92. The van der Waals surface area contributed by atoms with Crippen LogP contribution in [0.3, 0.4) is 0 Å². The molecule has 0 fully saturated rings. The SMILES string of the molecule is C=Nc1[nH]ncc1-c1cnc(C(C)O)s1. The molecule has 6 heteroatoms. The number of aromatic nitrogens is 3. The lowest BCUT2D eigenvalue weighted by atomic mass is 10.3. The molecule has 1 unspecified atom stereocenters. The van der Waals surface area contributed by atoms with Crippen molar-refractivity contribution in [1.29, 1.82) is 0 Å². The highest BCUT2D eigenvalue weighted by Crippen LogP contribution is 2.33. The molecule has 5 nitrogen and oxygen atoms in total. The number of H-pyrrole nitrogens is 1. The average Bonchev–Trinajstić information content (AvgIpc) is 2.85. The third-order valence-electron chi connectivity index (χ3n) is 1.92. The molecule has 2 aromatic heterocycles. The number of thiazole rings is 1. The number of rotatable bonds is 3. The molecule has 0 aliphatic rings. The first-order chi connectivity index (χ1) is 7.22. The van der Waals surface area contributed by atoms with E-state index in [9.17, 15) is 5.11 Å². The van der Waals surface area contributed by atoms with Crippen molar-refractivity contribution in [3.63, 3.8) is 0 Å². The Bertz CT molecular complexity index is 474. The van der Waals surface area contributed by atoms with Crippen molar-refractivity contribution >= 4 is 23.9 Å². The van der Waals surface area contributed by atoms with Gasteiger partial charge in [0.15, 0.2) is 5.82 Å². The van der Waals surface area contributed by atoms with E-state index in [1.165, 1.54) is 11.3 Å². The molecular weight excluding hydrogens is 212 g/mol. The van der Waals surface area contributed by atoms with Crippen LogP contribution in [0.4, 0.5) is 5.82 Å². The Morgan fingerprint density at radius 2 is 2.40 bits per heavy atom. The van der Waals surface area contributed by atoms with Crippen LogP contribution >= 0.6 is 11.3 Å². The summed E-state index contributed by atoms with van der Waals surface area (Å²) in [7, 11) is 0. The van der Waals surface area contributed by atoms with Crippen molar-refractivity contribution in [1.82, 2.24) is 15.2 Å². The zero-order chi connectivity index (χ0) is 10.8. The van der Waals surface area contributed by atoms with Crippen molar-refractivity contribution in [2.45, 2.75) is 13.0 Å². The molecule has 0 bridgehead atoms. The minimum atomic E-state index is -0.546. The molecule has 78 valence electrons. The van der Waals surface area contributed by atoms with Crippen LogP contribution in [0.2, 0.25) is 0 Å². The Labute approximate surface area is 90.5 Å². The zero-order valence-corrected chi connectivity index (χ0v) is 8.95. The Morgan fingerprint density at radius 1 is 1.60 bits per heavy atom. The maximum atomic E-state index is 9.35. The van der Waals surface area contributed by atoms with E-state index >= 15 is 0 Å². The average molecular weight is 222 g/mol. The van der Waals surface area contributed by atoms with Crippen LogP contribution in [0.5, 0.6) is 0 Å². The number of aromatic amines is 1. The molecule has 2 heterocycles. The van der Waals surface area contributed by atoms with E-state index in [-0.39, 0.29) is 0 Å². The van der Waals surface area contributed by atoms with Gasteiger partial charge in [-0.05, 0) is 13.6 Å². The van der Waals surface area contributed by atoms with Gasteiger partial charge in [-0.25, -0.2) is 9.98 Å². The fraction of sp³-hybridized carbons (Fsp3) is 0.222. The summed E-state index contributed by atoms with van der Waals surface area (Å²) in [5.74, 6) is 0.621. The molecule has 0 aromatic carbocycles. The second-order valence-electron chi connectivity index (χ2n) is 3.03. The zero-order valence-electron chi connectivity index (χ0n) is 8.14. The third kappa shape index (κ3) is 1.81. The molecular formula is C9H10N4OS. The lowest BCUT2D eigenvalue weighted by Gasteiger charge is -1.95. The maximum absolute atomic E-state index is 9.35. The van der Waals surface area contributed by atoms with Gasteiger partial charge in [0.2, 0.25) is 0 Å². The number of nitrogens with zero attached hydrogens (tertiary/aromatic N) is 3. The van der Waals surface area contributed by atoms with Gasteiger partial charge in [0.1, 0.15) is 11.1 Å². The third-order valence-corrected chi connectivity index (χ3v) is 3.12. The topological polar surface area (TPSA) is 74.2 Å². The Balaban J connectivity index is 2.41. The molecule has 0 saturated carbocycles. The summed E-state index contributed by atoms with van der Waals surface area (Å²) in [5, 5.41) is 16.6. The Morgan fingerprint density at radius 3 is 3.00 bits per heavy atom. The normalized spacial score (nSPS) is 12.7. The first-order valence-corrected chi connectivity index (χ1v) is 5.18. The van der Waals surface area contributed by atoms with E-state index in [2.05, 4.69) is 26.9 Å². The highest BCUT2D eigenvalue weighted by molar-refractivity contribution is 7.15. The van der Waals surface area contributed by atoms with Gasteiger partial charge in [-0.3, -0.25) is 5.10 Å². The largest absolute Gasteiger partial charge is 0.386 e. The van der Waals surface area contributed by atoms with Gasteiger partial charge < -0.3 is 5.11 Å². The molecule has 0 saturated heterocycles. The molecule has 2 rings (SSSR count). The van der Waals surface area contributed by atoms with E-state index in [1.807, 2.05) is 0 Å². The summed E-state index contributed by atoms with van der Waals surface area (Å²) in [6, 6.07) is 0. The van der Waals surface area contributed by atoms with Crippen LogP contribution < -0.4 is 0 Å². The number of hydrogen-bond acceptors (Lipinski definition) is 5. The lowest BCUT2D eigenvalue weighted by molar-refractivity contribution is 0.199. The fourth-order valence-corrected chi connectivity index (χ4v) is 2.05. The highest BCUT2D eigenvalue weighted by Gasteiger charge is 2.12. The van der Waals surface area contributed by atoms with E-state index in [4.69, 9.17) is 0 Å². The Hall–Kier alpha value is -1.53. The molecule has 0 aliphatic heterocycles. The number of aliphatic imine (C=N–C) groups is 1. The van der Waals surface area contributed by atoms with Crippen LogP contribution in [0, 0.1) is 0 Å². The minimum absolute atomic E-state index is 0.546. The van der Waals surface area contributed by atoms with Crippen molar-refractivity contribution in [3.8, 4) is 10.4 Å². The summed E-state index contributed by atoms with van der Waals surface area (Å²) in [4.78, 5) is 8.84. The maximum Gasteiger partial charge on any atom is 0.155 e. The van der Waals surface area contributed by atoms with E-state index in [1.54, 1.807) is 19.3 Å². The standard InChI is InChI=1S/C9H10N4OS/c1-5(14)9-11-4-7(15-9)6-3-12-13-8(6)10-2/h3-5,14H,2H2,1H3,(H,12,13). The molecule has 0 amide bonds. The molecule has 1 atom stereocenters. The van der Waals surface area contributed by atoms with Crippen LogP contribution in [0.1, 0.15) is 18.0 Å². The molecule has 2 aromatic rings. The van der Waals surface area contributed by atoms with Crippen LogP contribution in [-0.4, -0.2) is 27.0 Å². The quantitative estimate of drug-likeness (QED) is 0.779. The van der Waals surface area contributed by atoms with Crippen LogP contribution in [0.15, 0.2) is 17.4 Å². The van der Waals surface area contributed by atoms with Gasteiger partial charge >= 0.3 is 0 Å². The van der Waals surface area contributed by atoms with E-state index in [0.717, 1.165) is 10.4 Å². The van der Waals surface area contributed by atoms with Crippen LogP contribution in [0.25, 0.3) is 10.4 Å². The molecule has 2 N–H and O–H groups in total. The molecule has 0 aliphatic carbocycles. The number of aliphatic hydroxyl groups excluding tert-OH is 1. The summed E-state index contributed by atoms with van der Waals surface area (Å²) in [6.45, 7) is 5.13. The smallest absolute Gasteiger partial charge is 0.155 e. The highest BCUT2D eigenvalue weighted by atomic mass is 32.1. The molecule has 0 radical (unpaired) electrons. The molecule has 0 spiro atoms. The molecule has 15 heavy (non-hydrogen) atoms. The monoisotopic (exact) mass is 222 g/mol. The number of nitrogens with one attached hydrogen (secondary N) is 1. The van der Waals surface area contributed by atoms with Gasteiger partial charge in [-0.2, -0.15) is 5.10 Å². The van der Waals surface area contributed by atoms with Crippen molar-refractivity contribution < 1.29 is 5.11 Å². The van der Waals surface area contributed by atoms with Crippen LogP contribution in [-0.2, 0) is 0 Å². The summed E-state index contributed by atoms with van der Waals surface area (Å²) in [5.41, 5.74) is 0.856. The van der Waals surface area contributed by atoms with Crippen molar-refractivity contribution in [2.75, 3.05) is 0 Å². The summed E-state index contributed by atoms with van der Waals surface area (Å²) in [6.07, 6.45) is 2.83. The van der Waals surface area contributed by atoms with Gasteiger partial charge in [0.25, 0.3) is 0 Å². The second-order valence-corrected chi connectivity index (χ2v) is 4.09. The first-order valence-electron chi connectivity index (χ1n) is 4.36. The lowest BCUT2D eigenvalue weighted by Crippen LogP contribution is -1.86. The second kappa shape index (κ2) is 3.92. The minimum Gasteiger partial charge on any atom is -0.386 e. The predicted molar refractivity (Wildman–Crippen MR) is 59.5 cm³/mol. The van der Waals surface area contributed by atoms with Gasteiger partial charge in [0, 0.05) is 6.20 Å². The van der Waals surface area contributed by atoms with E-state index in [0.29, 0.717) is 10.8 Å². The van der Waals surface area contributed by atoms with Crippen molar-refractivity contribution in [2.24, 2.45) is 4.99 Å². The van der Waals surface area contributed by atoms with Crippen molar-refractivity contribution in [3.05, 3.63) is 17.4 Å². The number of aliphatic hydroxyl groups is 1. The number of hydrogen-bond donors (Lipinski definition) is 2. The van der Waals surface area contributed by atoms with Gasteiger partial charge in [-0.1, -0.05) is 0 Å². The van der Waals surface area contributed by atoms with Gasteiger partial charge in [-0.15, -0.1) is 11.3 Å². The summed E-state index contributed by atoms with van der Waals surface area (Å²) >= 11 is 1.42.